The van der Waals surface area contributed by atoms with Crippen LogP contribution in [0.5, 0.6) is 23.0 Å². The lowest BCUT2D eigenvalue weighted by atomic mass is 9.97. The zero-order chi connectivity index (χ0) is 26.4. The fourth-order valence-electron chi connectivity index (χ4n) is 5.54. The van der Waals surface area contributed by atoms with Gasteiger partial charge in [-0.25, -0.2) is 0 Å². The van der Waals surface area contributed by atoms with E-state index in [1.807, 2.05) is 25.2 Å². The van der Waals surface area contributed by atoms with Crippen LogP contribution in [0, 0.1) is 5.92 Å². The molecule has 2 aromatic heterocycles. The number of aromatic nitrogens is 2. The topological polar surface area (TPSA) is 104 Å². The molecule has 2 aliphatic heterocycles. The average Bonchev–Trinajstić information content (AvgIpc) is 3.42. The number of piperidine rings is 1. The molecule has 0 bridgehead atoms. The van der Waals surface area contributed by atoms with Gasteiger partial charge in [-0.1, -0.05) is 0 Å². The number of ether oxygens (including phenoxy) is 4. The van der Waals surface area contributed by atoms with Crippen molar-refractivity contribution < 1.29 is 23.7 Å². The molecule has 1 N–H and O–H groups in total. The van der Waals surface area contributed by atoms with Crippen LogP contribution in [0.25, 0.3) is 32.6 Å². The molecule has 4 heterocycles. The third-order valence-corrected chi connectivity index (χ3v) is 7.62. The number of fused-ring (bicyclic) bond motifs is 6. The van der Waals surface area contributed by atoms with Gasteiger partial charge in [-0.3, -0.25) is 14.6 Å². The molecular formula is C28H30N4O6. The number of hydrogen-bond donors (Lipinski definition) is 1. The van der Waals surface area contributed by atoms with Crippen molar-refractivity contribution in [1.82, 2.24) is 19.8 Å². The van der Waals surface area contributed by atoms with E-state index >= 15 is 0 Å². The highest BCUT2D eigenvalue weighted by atomic mass is 16.7. The number of nitrogens with one attached hydrogen (secondary N) is 1. The normalized spacial score (nSPS) is 15.3. The van der Waals surface area contributed by atoms with Crippen molar-refractivity contribution in [3.8, 4) is 23.0 Å². The van der Waals surface area contributed by atoms with Gasteiger partial charge >= 0.3 is 0 Å². The Balaban J connectivity index is 1.53. The van der Waals surface area contributed by atoms with Crippen LogP contribution in [0.3, 0.4) is 0 Å². The largest absolute Gasteiger partial charge is 0.493 e. The Morgan fingerprint density at radius 2 is 1.71 bits per heavy atom. The first-order valence-electron chi connectivity index (χ1n) is 12.8. The molecule has 2 aromatic carbocycles. The van der Waals surface area contributed by atoms with E-state index < -0.39 is 0 Å². The third-order valence-electron chi connectivity index (χ3n) is 7.62. The van der Waals surface area contributed by atoms with Gasteiger partial charge in [-0.2, -0.15) is 0 Å². The van der Waals surface area contributed by atoms with Crippen molar-refractivity contribution in [2.24, 2.45) is 5.92 Å². The van der Waals surface area contributed by atoms with Crippen molar-refractivity contribution in [1.29, 1.82) is 0 Å². The Hall–Kier alpha value is -4.05. The van der Waals surface area contributed by atoms with Crippen LogP contribution < -0.4 is 29.8 Å². The van der Waals surface area contributed by atoms with E-state index in [-0.39, 0.29) is 24.2 Å². The summed E-state index contributed by atoms with van der Waals surface area (Å²) in [6.45, 7) is 2.55. The lowest BCUT2D eigenvalue weighted by Gasteiger charge is -2.27. The van der Waals surface area contributed by atoms with Gasteiger partial charge in [0.15, 0.2) is 23.0 Å². The van der Waals surface area contributed by atoms with E-state index in [4.69, 9.17) is 23.9 Å². The summed E-state index contributed by atoms with van der Waals surface area (Å²) in [7, 11) is 4.92. The maximum absolute atomic E-state index is 14.1. The van der Waals surface area contributed by atoms with Crippen LogP contribution in [0.4, 0.5) is 0 Å². The molecule has 1 saturated heterocycles. The molecule has 0 spiro atoms. The minimum absolute atomic E-state index is 0.00723. The molecular weight excluding hydrogens is 488 g/mol. The molecule has 0 radical (unpaired) electrons. The quantitative estimate of drug-likeness (QED) is 0.389. The first-order chi connectivity index (χ1) is 18.5. The number of pyridine rings is 2. The summed E-state index contributed by atoms with van der Waals surface area (Å²) < 4.78 is 24.0. The standard InChI is InChI=1S/C28H30N4O6/c1-31(27(33)16-4-6-29-7-5-16)8-9-32-26-19-12-24-25(38-15-37-24)13-21(19)30-14-20(26)17-10-22(35-2)23(36-3)11-18(17)28(32)34/h10-14,16,29H,4-9,15H2,1-3H3. The van der Waals surface area contributed by atoms with Crippen LogP contribution in [-0.2, 0) is 11.3 Å². The van der Waals surface area contributed by atoms with Gasteiger partial charge in [0.25, 0.3) is 5.56 Å². The smallest absolute Gasteiger partial charge is 0.259 e. The van der Waals surface area contributed by atoms with Crippen molar-refractivity contribution in [3.05, 3.63) is 40.8 Å². The highest BCUT2D eigenvalue weighted by Crippen LogP contribution is 2.40. The van der Waals surface area contributed by atoms with E-state index in [0.717, 1.165) is 42.2 Å². The highest BCUT2D eigenvalue weighted by Gasteiger charge is 2.25. The molecule has 0 atom stereocenters. The first kappa shape index (κ1) is 24.3. The molecule has 38 heavy (non-hydrogen) atoms. The van der Waals surface area contributed by atoms with Gasteiger partial charge in [0, 0.05) is 54.5 Å². The molecule has 10 heteroatoms. The first-order valence-corrected chi connectivity index (χ1v) is 12.8. The van der Waals surface area contributed by atoms with Gasteiger partial charge in [-0.05, 0) is 44.1 Å². The number of carbonyl (C=O) groups excluding carboxylic acids is 1. The number of benzene rings is 2. The Kier molecular flexibility index (Phi) is 6.19. The molecule has 0 aliphatic carbocycles. The van der Waals surface area contributed by atoms with Gasteiger partial charge in [-0.15, -0.1) is 0 Å². The van der Waals surface area contributed by atoms with Crippen molar-refractivity contribution in [2.75, 3.05) is 47.7 Å². The lowest BCUT2D eigenvalue weighted by Crippen LogP contribution is -2.41. The highest BCUT2D eigenvalue weighted by molar-refractivity contribution is 6.15. The van der Waals surface area contributed by atoms with Crippen molar-refractivity contribution >= 4 is 38.5 Å². The number of likely N-dealkylation sites (N-methyl/N-ethyl adjacent to an activating group) is 1. The summed E-state index contributed by atoms with van der Waals surface area (Å²) in [5, 5.41) is 6.07. The molecule has 0 unspecified atom stereocenters. The van der Waals surface area contributed by atoms with Gasteiger partial charge in [0.05, 0.1) is 30.6 Å². The zero-order valence-corrected chi connectivity index (χ0v) is 21.7. The second kappa shape index (κ2) is 9.68. The minimum atomic E-state index is -0.179. The van der Waals surface area contributed by atoms with Gasteiger partial charge < -0.3 is 33.7 Å². The maximum Gasteiger partial charge on any atom is 0.259 e. The third kappa shape index (κ3) is 3.96. The predicted molar refractivity (Wildman–Crippen MR) is 143 cm³/mol. The van der Waals surface area contributed by atoms with Crippen molar-refractivity contribution in [2.45, 2.75) is 19.4 Å². The molecule has 2 aliphatic rings. The predicted octanol–water partition coefficient (Wildman–Crippen LogP) is 2.91. The fraction of sp³-hybridized carbons (Fsp3) is 0.393. The Morgan fingerprint density at radius 1 is 1.03 bits per heavy atom. The molecule has 4 aromatic rings. The lowest BCUT2D eigenvalue weighted by molar-refractivity contribution is -0.135. The number of methoxy groups -OCH3 is 2. The van der Waals surface area contributed by atoms with Gasteiger partial charge in [0.1, 0.15) is 0 Å². The van der Waals surface area contributed by atoms with Crippen LogP contribution in [0.1, 0.15) is 12.8 Å². The number of carbonyl (C=O) groups is 1. The maximum atomic E-state index is 14.1. The van der Waals surface area contributed by atoms with E-state index in [0.29, 0.717) is 52.4 Å². The van der Waals surface area contributed by atoms with Gasteiger partial charge in [0.2, 0.25) is 12.7 Å². The molecule has 6 rings (SSSR count). The summed E-state index contributed by atoms with van der Waals surface area (Å²) in [4.78, 5) is 33.6. The van der Waals surface area contributed by atoms with Crippen LogP contribution in [0.15, 0.2) is 35.3 Å². The molecule has 198 valence electrons. The SMILES string of the molecule is COc1cc2c(=O)n(CCN(C)C(=O)C3CCNCC3)c3c4cc5c(cc4ncc3c2cc1OC)OCO5. The second-order valence-corrected chi connectivity index (χ2v) is 9.74. The fourth-order valence-corrected chi connectivity index (χ4v) is 5.54. The number of nitrogens with zero attached hydrogens (tertiary/aromatic N) is 3. The number of amides is 1. The molecule has 10 nitrogen and oxygen atoms in total. The van der Waals surface area contributed by atoms with E-state index in [1.165, 1.54) is 0 Å². The number of hydrogen-bond acceptors (Lipinski definition) is 8. The molecule has 1 amide bonds. The summed E-state index contributed by atoms with van der Waals surface area (Å²) >= 11 is 0. The summed E-state index contributed by atoms with van der Waals surface area (Å²) in [5.41, 5.74) is 1.23. The minimum Gasteiger partial charge on any atom is -0.493 e. The average molecular weight is 519 g/mol. The molecule has 0 saturated carbocycles. The Morgan fingerprint density at radius 3 is 2.42 bits per heavy atom. The van der Waals surface area contributed by atoms with E-state index in [9.17, 15) is 9.59 Å². The summed E-state index contributed by atoms with van der Waals surface area (Å²) in [5.74, 6) is 2.35. The Labute approximate surface area is 219 Å². The van der Waals surface area contributed by atoms with Crippen molar-refractivity contribution in [3.63, 3.8) is 0 Å². The second-order valence-electron chi connectivity index (χ2n) is 9.74. The van der Waals surface area contributed by atoms with Crippen LogP contribution in [0.2, 0.25) is 0 Å². The van der Waals surface area contributed by atoms with Crippen LogP contribution in [-0.4, -0.2) is 68.1 Å². The zero-order valence-electron chi connectivity index (χ0n) is 21.7. The monoisotopic (exact) mass is 518 g/mol. The Bertz CT molecular complexity index is 1630. The van der Waals surface area contributed by atoms with E-state index in [2.05, 4.69) is 5.32 Å². The molecule has 1 fully saturated rings. The van der Waals surface area contributed by atoms with Crippen LogP contribution >= 0.6 is 0 Å². The summed E-state index contributed by atoms with van der Waals surface area (Å²) in [6, 6.07) is 7.23. The summed E-state index contributed by atoms with van der Waals surface area (Å²) in [6.07, 6.45) is 3.42. The number of rotatable bonds is 6. The van der Waals surface area contributed by atoms with E-state index in [1.54, 1.807) is 35.9 Å².